The largest absolute Gasteiger partial charge is 0.477 e. The lowest BCUT2D eigenvalue weighted by molar-refractivity contribution is -0.150. The number of nitrogens with two attached hydrogens (primary N) is 1. The van der Waals surface area contributed by atoms with Gasteiger partial charge in [-0.3, -0.25) is 14.5 Å². The van der Waals surface area contributed by atoms with E-state index in [1.807, 2.05) is 6.07 Å². The molecule has 3 rings (SSSR count). The van der Waals surface area contributed by atoms with Crippen LogP contribution in [0.4, 0.5) is 0 Å². The van der Waals surface area contributed by atoms with Crippen molar-refractivity contribution in [1.29, 1.82) is 0 Å². The molecule has 1 aromatic rings. The summed E-state index contributed by atoms with van der Waals surface area (Å²) in [5, 5.41) is 11.3. The number of rotatable bonds is 4. The van der Waals surface area contributed by atoms with Crippen molar-refractivity contribution in [2.75, 3.05) is 5.75 Å². The number of aliphatic carboxylic acids is 1. The normalized spacial score (nSPS) is 24.1. The van der Waals surface area contributed by atoms with Gasteiger partial charge in [0.2, 0.25) is 5.91 Å². The van der Waals surface area contributed by atoms with Crippen LogP contribution in [0.25, 0.3) is 0 Å². The molecule has 1 saturated heterocycles. The summed E-state index contributed by atoms with van der Waals surface area (Å²) < 4.78 is 0. The smallest absolute Gasteiger partial charge is 0.352 e. The topological polar surface area (TPSA) is 113 Å². The highest BCUT2D eigenvalue weighted by molar-refractivity contribution is 8.00. The molecule has 23 heavy (non-hydrogen) atoms. The number of nitrogens with zero attached hydrogens (tertiary/aromatic N) is 1. The molecular weight excluding hydrogens is 318 g/mol. The number of benzene rings is 1. The van der Waals surface area contributed by atoms with Gasteiger partial charge in [0.25, 0.3) is 5.91 Å². The van der Waals surface area contributed by atoms with Crippen LogP contribution in [-0.2, 0) is 14.4 Å². The lowest BCUT2D eigenvalue weighted by atomic mass is 10.0. The number of fused-ring (bicyclic) bond motifs is 1. The molecular formula is C15H15N3O4S. The van der Waals surface area contributed by atoms with Crippen LogP contribution in [0.1, 0.15) is 11.6 Å². The van der Waals surface area contributed by atoms with E-state index < -0.39 is 35.2 Å². The zero-order valence-corrected chi connectivity index (χ0v) is 12.8. The average Bonchev–Trinajstić information content (AvgIpc) is 2.58. The zero-order chi connectivity index (χ0) is 16.6. The van der Waals surface area contributed by atoms with Crippen molar-refractivity contribution < 1.29 is 19.5 Å². The standard InChI is InChI=1S/C15H15N3O4S/c16-10(8-4-2-1-3-5-8)12(19)17-11-13(20)18-9(15(21)22)6-7-23-14(11)18/h1-6,10-11,14H,7,16H2,(H,17,19)(H,21,22)/t10-,11-,14-/m1/s1. The van der Waals surface area contributed by atoms with E-state index in [4.69, 9.17) is 10.8 Å². The van der Waals surface area contributed by atoms with Crippen molar-refractivity contribution in [3.8, 4) is 0 Å². The SMILES string of the molecule is N[C@@H](C(=O)N[C@@H]1C(=O)N2C(C(=O)O)=CCS[C@H]12)c1ccccc1. The number of carbonyl (C=O) groups excluding carboxylic acids is 2. The van der Waals surface area contributed by atoms with E-state index in [2.05, 4.69) is 5.32 Å². The molecule has 2 aliphatic rings. The molecule has 0 saturated carbocycles. The first-order valence-corrected chi connectivity index (χ1v) is 8.04. The lowest BCUT2D eigenvalue weighted by Gasteiger charge is -2.48. The number of carbonyl (C=O) groups is 3. The summed E-state index contributed by atoms with van der Waals surface area (Å²) >= 11 is 1.41. The summed E-state index contributed by atoms with van der Waals surface area (Å²) in [6.07, 6.45) is 1.50. The predicted molar refractivity (Wildman–Crippen MR) is 84.1 cm³/mol. The summed E-state index contributed by atoms with van der Waals surface area (Å²) in [6, 6.07) is 7.23. The molecule has 0 bridgehead atoms. The molecule has 3 atom stereocenters. The van der Waals surface area contributed by atoms with E-state index in [9.17, 15) is 14.4 Å². The maximum Gasteiger partial charge on any atom is 0.352 e. The second-order valence-corrected chi connectivity index (χ2v) is 6.35. The number of carboxylic acids is 1. The van der Waals surface area contributed by atoms with Gasteiger partial charge in [0, 0.05) is 5.75 Å². The number of thioether (sulfide) groups is 1. The van der Waals surface area contributed by atoms with E-state index in [-0.39, 0.29) is 5.70 Å². The Morgan fingerprint density at radius 2 is 2.04 bits per heavy atom. The van der Waals surface area contributed by atoms with Crippen molar-refractivity contribution >= 4 is 29.5 Å². The van der Waals surface area contributed by atoms with Gasteiger partial charge in [-0.1, -0.05) is 30.3 Å². The van der Waals surface area contributed by atoms with Gasteiger partial charge in [0.05, 0.1) is 0 Å². The monoisotopic (exact) mass is 333 g/mol. The van der Waals surface area contributed by atoms with Crippen LogP contribution in [0.2, 0.25) is 0 Å². The molecule has 0 aliphatic carbocycles. The highest BCUT2D eigenvalue weighted by Crippen LogP contribution is 2.37. The van der Waals surface area contributed by atoms with Gasteiger partial charge in [-0.25, -0.2) is 4.79 Å². The van der Waals surface area contributed by atoms with Crippen LogP contribution in [0.15, 0.2) is 42.1 Å². The molecule has 1 aromatic carbocycles. The highest BCUT2D eigenvalue weighted by atomic mass is 32.2. The summed E-state index contributed by atoms with van der Waals surface area (Å²) in [7, 11) is 0. The molecule has 1 fully saturated rings. The molecule has 120 valence electrons. The van der Waals surface area contributed by atoms with Gasteiger partial charge in [-0.2, -0.15) is 0 Å². The van der Waals surface area contributed by atoms with Crippen LogP contribution >= 0.6 is 11.8 Å². The van der Waals surface area contributed by atoms with Gasteiger partial charge in [0.15, 0.2) is 0 Å². The minimum atomic E-state index is -1.14. The molecule has 0 aromatic heterocycles. The summed E-state index contributed by atoms with van der Waals surface area (Å²) in [5.41, 5.74) is 6.52. The molecule has 0 spiro atoms. The number of nitrogens with one attached hydrogen (secondary N) is 1. The van der Waals surface area contributed by atoms with E-state index in [1.54, 1.807) is 24.3 Å². The molecule has 2 aliphatic heterocycles. The number of amides is 2. The van der Waals surface area contributed by atoms with E-state index in [0.29, 0.717) is 11.3 Å². The maximum atomic E-state index is 12.2. The first-order chi connectivity index (χ1) is 11.0. The van der Waals surface area contributed by atoms with Gasteiger partial charge >= 0.3 is 5.97 Å². The number of hydrogen-bond acceptors (Lipinski definition) is 5. The number of β-lactam (4-membered cyclic amide) rings is 1. The molecule has 2 amide bonds. The van der Waals surface area contributed by atoms with Crippen molar-refractivity contribution in [3.05, 3.63) is 47.7 Å². The molecule has 4 N–H and O–H groups in total. The number of hydrogen-bond donors (Lipinski definition) is 3. The van der Waals surface area contributed by atoms with Crippen LogP contribution in [0.3, 0.4) is 0 Å². The van der Waals surface area contributed by atoms with Gasteiger partial charge in [-0.15, -0.1) is 11.8 Å². The van der Waals surface area contributed by atoms with Gasteiger partial charge in [-0.05, 0) is 11.6 Å². The molecule has 7 nitrogen and oxygen atoms in total. The third-order valence-electron chi connectivity index (χ3n) is 3.80. The maximum absolute atomic E-state index is 12.2. The van der Waals surface area contributed by atoms with Crippen molar-refractivity contribution in [2.45, 2.75) is 17.5 Å². The molecule has 0 unspecified atom stereocenters. The van der Waals surface area contributed by atoms with Crippen LogP contribution in [-0.4, -0.2) is 45.0 Å². The van der Waals surface area contributed by atoms with E-state index in [1.165, 1.54) is 22.7 Å². The first kappa shape index (κ1) is 15.6. The van der Waals surface area contributed by atoms with Crippen LogP contribution in [0, 0.1) is 0 Å². The second kappa shape index (κ2) is 6.05. The molecule has 2 heterocycles. The number of carboxylic acid groups (broad SMARTS) is 1. The third kappa shape index (κ3) is 2.71. The fourth-order valence-electron chi connectivity index (χ4n) is 2.59. The Balaban J connectivity index is 1.68. The highest BCUT2D eigenvalue weighted by Gasteiger charge is 2.52. The molecule has 0 radical (unpaired) electrons. The van der Waals surface area contributed by atoms with Crippen molar-refractivity contribution in [1.82, 2.24) is 10.2 Å². The van der Waals surface area contributed by atoms with Crippen LogP contribution in [0.5, 0.6) is 0 Å². The van der Waals surface area contributed by atoms with Gasteiger partial charge < -0.3 is 16.2 Å². The fraction of sp³-hybridized carbons (Fsp3) is 0.267. The minimum absolute atomic E-state index is 0.0309. The van der Waals surface area contributed by atoms with Crippen molar-refractivity contribution in [3.63, 3.8) is 0 Å². The second-order valence-electron chi connectivity index (χ2n) is 5.20. The lowest BCUT2D eigenvalue weighted by Crippen LogP contribution is -2.70. The zero-order valence-electron chi connectivity index (χ0n) is 12.0. The predicted octanol–water partition coefficient (Wildman–Crippen LogP) is 0.0548. The average molecular weight is 333 g/mol. The third-order valence-corrected chi connectivity index (χ3v) is 4.99. The fourth-order valence-corrected chi connectivity index (χ4v) is 3.79. The Bertz CT molecular complexity index is 691. The van der Waals surface area contributed by atoms with E-state index in [0.717, 1.165) is 0 Å². The molecule has 8 heteroatoms. The minimum Gasteiger partial charge on any atom is -0.477 e. The van der Waals surface area contributed by atoms with Crippen LogP contribution < -0.4 is 11.1 Å². The Kier molecular flexibility index (Phi) is 4.10. The summed E-state index contributed by atoms with van der Waals surface area (Å²) in [4.78, 5) is 36.7. The summed E-state index contributed by atoms with van der Waals surface area (Å²) in [6.45, 7) is 0. The Hall–Kier alpha value is -2.32. The van der Waals surface area contributed by atoms with E-state index >= 15 is 0 Å². The quantitative estimate of drug-likeness (QED) is 0.671. The first-order valence-electron chi connectivity index (χ1n) is 6.99. The summed E-state index contributed by atoms with van der Waals surface area (Å²) in [5.74, 6) is -1.55. The van der Waals surface area contributed by atoms with Crippen molar-refractivity contribution in [2.24, 2.45) is 5.73 Å². The van der Waals surface area contributed by atoms with Gasteiger partial charge in [0.1, 0.15) is 23.2 Å². The Morgan fingerprint density at radius 3 is 2.70 bits per heavy atom. The Morgan fingerprint density at radius 1 is 1.35 bits per heavy atom. The Labute approximate surface area is 136 Å².